The third kappa shape index (κ3) is 2.12. The van der Waals surface area contributed by atoms with Crippen LogP contribution in [-0.4, -0.2) is 4.98 Å². The van der Waals surface area contributed by atoms with E-state index in [4.69, 9.17) is 11.6 Å². The van der Waals surface area contributed by atoms with Gasteiger partial charge in [-0.15, -0.1) is 0 Å². The molecule has 0 aromatic carbocycles. The van der Waals surface area contributed by atoms with Gasteiger partial charge < -0.3 is 0 Å². The van der Waals surface area contributed by atoms with Gasteiger partial charge in [0.1, 0.15) is 5.15 Å². The van der Waals surface area contributed by atoms with Crippen LogP contribution in [0.5, 0.6) is 0 Å². The minimum Gasteiger partial charge on any atom is -0.244 e. The Morgan fingerprint density at radius 1 is 1.45 bits per heavy atom. The third-order valence-electron chi connectivity index (χ3n) is 1.23. The highest BCUT2D eigenvalue weighted by molar-refractivity contribution is 6.29. The molecule has 0 bridgehead atoms. The Morgan fingerprint density at radius 2 is 2.09 bits per heavy atom. The Bertz CT molecular complexity index is 240. The largest absolute Gasteiger partial charge is 0.272 e. The summed E-state index contributed by atoms with van der Waals surface area (Å²) in [5, 5.41) is 0.220. The first-order chi connectivity index (χ1) is 5.00. The zero-order valence-corrected chi connectivity index (χ0v) is 6.57. The Labute approximate surface area is 68.0 Å². The molecule has 0 unspecified atom stereocenters. The molecule has 0 aliphatic heterocycles. The SMILES string of the molecule is CC(F)(F)c1ccc(Cl)nc1. The summed E-state index contributed by atoms with van der Waals surface area (Å²) in [5.74, 6) is -2.84. The lowest BCUT2D eigenvalue weighted by Gasteiger charge is -2.08. The molecule has 60 valence electrons. The first kappa shape index (κ1) is 8.40. The van der Waals surface area contributed by atoms with Crippen molar-refractivity contribution in [3.8, 4) is 0 Å². The van der Waals surface area contributed by atoms with Gasteiger partial charge in [0.05, 0.1) is 0 Å². The Balaban J connectivity index is 2.99. The topological polar surface area (TPSA) is 12.9 Å². The number of hydrogen-bond acceptors (Lipinski definition) is 1. The van der Waals surface area contributed by atoms with E-state index >= 15 is 0 Å². The summed E-state index contributed by atoms with van der Waals surface area (Å²) in [6, 6.07) is 2.60. The predicted octanol–water partition coefficient (Wildman–Crippen LogP) is 2.85. The van der Waals surface area contributed by atoms with Crippen LogP contribution >= 0.6 is 11.6 Å². The molecule has 0 spiro atoms. The molecular formula is C7H6ClF2N. The van der Waals surface area contributed by atoms with E-state index < -0.39 is 5.92 Å². The van der Waals surface area contributed by atoms with Gasteiger partial charge in [-0.1, -0.05) is 11.6 Å². The van der Waals surface area contributed by atoms with E-state index in [9.17, 15) is 8.78 Å². The van der Waals surface area contributed by atoms with Crippen molar-refractivity contribution < 1.29 is 8.78 Å². The summed E-state index contributed by atoms with van der Waals surface area (Å²) in [7, 11) is 0. The van der Waals surface area contributed by atoms with Crippen LogP contribution in [0, 0.1) is 0 Å². The van der Waals surface area contributed by atoms with Crippen molar-refractivity contribution in [2.75, 3.05) is 0 Å². The van der Waals surface area contributed by atoms with Crippen LogP contribution in [0.2, 0.25) is 5.15 Å². The molecule has 0 aliphatic carbocycles. The maximum atomic E-state index is 12.5. The van der Waals surface area contributed by atoms with Gasteiger partial charge in [0.25, 0.3) is 5.92 Å². The highest BCUT2D eigenvalue weighted by Gasteiger charge is 2.23. The molecule has 1 aromatic rings. The summed E-state index contributed by atoms with van der Waals surface area (Å²) >= 11 is 5.41. The van der Waals surface area contributed by atoms with Crippen molar-refractivity contribution >= 4 is 11.6 Å². The van der Waals surface area contributed by atoms with E-state index in [0.29, 0.717) is 0 Å². The van der Waals surface area contributed by atoms with Gasteiger partial charge in [-0.25, -0.2) is 13.8 Å². The smallest absolute Gasteiger partial charge is 0.244 e. The second-order valence-electron chi connectivity index (χ2n) is 2.26. The second kappa shape index (κ2) is 2.74. The molecule has 0 N–H and O–H groups in total. The maximum absolute atomic E-state index is 12.5. The fraction of sp³-hybridized carbons (Fsp3) is 0.286. The molecule has 1 rings (SSSR count). The minimum absolute atomic E-state index is 0.123. The van der Waals surface area contributed by atoms with Gasteiger partial charge in [-0.05, 0) is 12.1 Å². The van der Waals surface area contributed by atoms with Crippen LogP contribution in [0.15, 0.2) is 18.3 Å². The highest BCUT2D eigenvalue weighted by atomic mass is 35.5. The summed E-state index contributed by atoms with van der Waals surface area (Å²) < 4.78 is 25.0. The number of alkyl halides is 2. The lowest BCUT2D eigenvalue weighted by Crippen LogP contribution is -2.06. The summed E-state index contributed by atoms with van der Waals surface area (Å²) in [6.07, 6.45) is 1.07. The zero-order chi connectivity index (χ0) is 8.48. The van der Waals surface area contributed by atoms with Crippen LogP contribution in [-0.2, 0) is 5.92 Å². The molecule has 0 saturated carbocycles. The fourth-order valence-electron chi connectivity index (χ4n) is 0.635. The fourth-order valence-corrected chi connectivity index (χ4v) is 0.747. The van der Waals surface area contributed by atoms with Crippen LogP contribution in [0.3, 0.4) is 0 Å². The lowest BCUT2D eigenvalue weighted by atomic mass is 10.2. The van der Waals surface area contributed by atoms with Gasteiger partial charge in [-0.2, -0.15) is 0 Å². The van der Waals surface area contributed by atoms with Crippen LogP contribution < -0.4 is 0 Å². The number of rotatable bonds is 1. The molecule has 11 heavy (non-hydrogen) atoms. The van der Waals surface area contributed by atoms with Gasteiger partial charge in [-0.3, -0.25) is 0 Å². The lowest BCUT2D eigenvalue weighted by molar-refractivity contribution is 0.0171. The highest BCUT2D eigenvalue weighted by Crippen LogP contribution is 2.26. The second-order valence-corrected chi connectivity index (χ2v) is 2.65. The van der Waals surface area contributed by atoms with Crippen molar-refractivity contribution in [2.45, 2.75) is 12.8 Å². The molecule has 1 nitrogen and oxygen atoms in total. The monoisotopic (exact) mass is 177 g/mol. The molecule has 4 heteroatoms. The third-order valence-corrected chi connectivity index (χ3v) is 1.46. The quantitative estimate of drug-likeness (QED) is 0.601. The summed E-state index contributed by atoms with van der Waals surface area (Å²) in [6.45, 7) is 0.817. The van der Waals surface area contributed by atoms with E-state index in [1.54, 1.807) is 0 Å². The van der Waals surface area contributed by atoms with Crippen LogP contribution in [0.25, 0.3) is 0 Å². The minimum atomic E-state index is -2.84. The number of hydrogen-bond donors (Lipinski definition) is 0. The van der Waals surface area contributed by atoms with Gasteiger partial charge >= 0.3 is 0 Å². The van der Waals surface area contributed by atoms with Crippen molar-refractivity contribution in [1.82, 2.24) is 4.98 Å². The summed E-state index contributed by atoms with van der Waals surface area (Å²) in [5.41, 5.74) is -0.123. The molecule has 1 heterocycles. The van der Waals surface area contributed by atoms with E-state index in [2.05, 4.69) is 4.98 Å². The van der Waals surface area contributed by atoms with Gasteiger partial charge in [0, 0.05) is 18.7 Å². The van der Waals surface area contributed by atoms with E-state index in [1.807, 2.05) is 0 Å². The molecule has 0 atom stereocenters. The first-order valence-electron chi connectivity index (χ1n) is 3.00. The first-order valence-corrected chi connectivity index (χ1v) is 3.38. The molecule has 0 fully saturated rings. The summed E-state index contributed by atoms with van der Waals surface area (Å²) in [4.78, 5) is 3.53. The number of nitrogens with zero attached hydrogens (tertiary/aromatic N) is 1. The Hall–Kier alpha value is -0.700. The normalized spacial score (nSPS) is 11.6. The van der Waals surface area contributed by atoms with Crippen molar-refractivity contribution in [3.05, 3.63) is 29.0 Å². The molecule has 0 saturated heterocycles. The molecule has 1 aromatic heterocycles. The maximum Gasteiger partial charge on any atom is 0.272 e. The van der Waals surface area contributed by atoms with E-state index in [1.165, 1.54) is 12.1 Å². The average Bonchev–Trinajstić information content (AvgIpc) is 1.86. The van der Waals surface area contributed by atoms with Gasteiger partial charge in [0.2, 0.25) is 0 Å². The van der Waals surface area contributed by atoms with E-state index in [-0.39, 0.29) is 10.7 Å². The van der Waals surface area contributed by atoms with Gasteiger partial charge in [0.15, 0.2) is 0 Å². The number of aromatic nitrogens is 1. The Morgan fingerprint density at radius 3 is 2.45 bits per heavy atom. The number of halogens is 3. The van der Waals surface area contributed by atoms with Crippen molar-refractivity contribution in [3.63, 3.8) is 0 Å². The van der Waals surface area contributed by atoms with Crippen LogP contribution in [0.4, 0.5) is 8.78 Å². The molecule has 0 amide bonds. The molecular weight excluding hydrogens is 172 g/mol. The van der Waals surface area contributed by atoms with Crippen LogP contribution in [0.1, 0.15) is 12.5 Å². The van der Waals surface area contributed by atoms with E-state index in [0.717, 1.165) is 13.1 Å². The van der Waals surface area contributed by atoms with Crippen molar-refractivity contribution in [1.29, 1.82) is 0 Å². The number of pyridine rings is 1. The Kier molecular flexibility index (Phi) is 2.09. The molecule has 0 radical (unpaired) electrons. The zero-order valence-electron chi connectivity index (χ0n) is 5.81. The standard InChI is InChI=1S/C7H6ClF2N/c1-7(9,10)5-2-3-6(8)11-4-5/h2-4H,1H3. The average molecular weight is 178 g/mol. The van der Waals surface area contributed by atoms with Crippen molar-refractivity contribution in [2.24, 2.45) is 0 Å². The molecule has 0 aliphatic rings. The predicted molar refractivity (Wildman–Crippen MR) is 38.8 cm³/mol.